The van der Waals surface area contributed by atoms with E-state index in [9.17, 15) is 0 Å². The van der Waals surface area contributed by atoms with Crippen LogP contribution in [0.1, 0.15) is 28.6 Å². The topological polar surface area (TPSA) is 41.8 Å². The van der Waals surface area contributed by atoms with Gasteiger partial charge >= 0.3 is 0 Å². The molecule has 5 nitrogen and oxygen atoms in total. The molecule has 5 rings (SSSR count). The highest BCUT2D eigenvalue weighted by atomic mass is 16.5. The second-order valence-electron chi connectivity index (χ2n) is 8.45. The molecule has 1 unspecified atom stereocenters. The molecule has 1 saturated heterocycles. The fraction of sp³-hybridized carbons (Fsp3) is 0.346. The summed E-state index contributed by atoms with van der Waals surface area (Å²) in [5.74, 6) is 1.95. The second-order valence-corrected chi connectivity index (χ2v) is 8.45. The molecule has 2 aromatic heterocycles. The summed E-state index contributed by atoms with van der Waals surface area (Å²) in [4.78, 5) is 7.25. The number of piperazine rings is 1. The number of hydrogen-bond donors (Lipinski definition) is 1. The van der Waals surface area contributed by atoms with Crippen molar-refractivity contribution in [3.05, 3.63) is 77.2 Å². The summed E-state index contributed by atoms with van der Waals surface area (Å²) in [6.45, 7) is 8.37. The Morgan fingerprint density at radius 2 is 1.90 bits per heavy atom. The van der Waals surface area contributed by atoms with Crippen molar-refractivity contribution < 1.29 is 4.74 Å². The van der Waals surface area contributed by atoms with Crippen LogP contribution in [0.2, 0.25) is 0 Å². The van der Waals surface area contributed by atoms with Gasteiger partial charge in [-0.05, 0) is 55.2 Å². The summed E-state index contributed by atoms with van der Waals surface area (Å²) in [6.07, 6.45) is 3.03. The fourth-order valence-electron chi connectivity index (χ4n) is 5.04. The number of nitrogens with zero attached hydrogens (tertiary/aromatic N) is 3. The number of aryl methyl sites for hydroxylation is 2. The molecule has 4 aromatic rings. The summed E-state index contributed by atoms with van der Waals surface area (Å²) in [5, 5.41) is 4.92. The first-order chi connectivity index (χ1) is 15.2. The van der Waals surface area contributed by atoms with Crippen molar-refractivity contribution in [2.24, 2.45) is 0 Å². The van der Waals surface area contributed by atoms with Gasteiger partial charge in [-0.2, -0.15) is 0 Å². The van der Waals surface area contributed by atoms with Gasteiger partial charge < -0.3 is 10.1 Å². The molecule has 3 heterocycles. The zero-order chi connectivity index (χ0) is 21.4. The van der Waals surface area contributed by atoms with Gasteiger partial charge in [-0.1, -0.05) is 30.3 Å². The Bertz CT molecular complexity index is 1210. The molecule has 1 aliphatic heterocycles. The van der Waals surface area contributed by atoms with Crippen LogP contribution in [0.25, 0.3) is 16.4 Å². The molecular formula is C26H30N4O. The van der Waals surface area contributed by atoms with E-state index in [1.165, 1.54) is 33.1 Å². The molecule has 160 valence electrons. The van der Waals surface area contributed by atoms with Crippen LogP contribution in [-0.4, -0.2) is 47.6 Å². The first-order valence-corrected chi connectivity index (χ1v) is 11.1. The smallest absolute Gasteiger partial charge is 0.118 e. The number of rotatable bonds is 5. The van der Waals surface area contributed by atoms with E-state index < -0.39 is 0 Å². The Balaban J connectivity index is 1.48. The molecular weight excluding hydrogens is 384 g/mol. The van der Waals surface area contributed by atoms with Crippen molar-refractivity contribution in [2.45, 2.75) is 26.3 Å². The third-order valence-corrected chi connectivity index (χ3v) is 6.63. The summed E-state index contributed by atoms with van der Waals surface area (Å²) in [5.41, 5.74) is 6.60. The minimum absolute atomic E-state index is 0.379. The number of methoxy groups -OCH3 is 1. The van der Waals surface area contributed by atoms with E-state index >= 15 is 0 Å². The van der Waals surface area contributed by atoms with Gasteiger partial charge in [0.25, 0.3) is 0 Å². The minimum atomic E-state index is 0.379. The van der Waals surface area contributed by atoms with E-state index in [0.717, 1.165) is 44.2 Å². The average molecular weight is 415 g/mol. The molecule has 1 N–H and O–H groups in total. The summed E-state index contributed by atoms with van der Waals surface area (Å²) < 4.78 is 7.68. The number of ether oxygens (including phenoxy) is 1. The molecule has 31 heavy (non-hydrogen) atoms. The third kappa shape index (κ3) is 3.58. The summed E-state index contributed by atoms with van der Waals surface area (Å²) in [7, 11) is 1.72. The van der Waals surface area contributed by atoms with Gasteiger partial charge in [0.1, 0.15) is 11.6 Å². The molecule has 5 heteroatoms. The highest BCUT2D eigenvalue weighted by Gasteiger charge is 2.24. The molecule has 0 spiro atoms. The molecule has 1 aliphatic rings. The normalized spacial score (nSPS) is 17.5. The Labute approximate surface area is 183 Å². The van der Waals surface area contributed by atoms with Crippen molar-refractivity contribution in [3.63, 3.8) is 0 Å². The zero-order valence-electron chi connectivity index (χ0n) is 18.6. The number of fused-ring (bicyclic) bond motifs is 3. The van der Waals surface area contributed by atoms with Crippen LogP contribution in [0, 0.1) is 13.8 Å². The van der Waals surface area contributed by atoms with E-state index in [2.05, 4.69) is 82.0 Å². The summed E-state index contributed by atoms with van der Waals surface area (Å²) in [6, 6.07) is 17.7. The molecule has 1 fully saturated rings. The highest BCUT2D eigenvalue weighted by molar-refractivity contribution is 5.93. The number of benzene rings is 2. The van der Waals surface area contributed by atoms with Gasteiger partial charge in [0.2, 0.25) is 0 Å². The average Bonchev–Trinajstić information content (AvgIpc) is 3.16. The first kappa shape index (κ1) is 20.0. The molecule has 0 bridgehead atoms. The van der Waals surface area contributed by atoms with E-state index in [4.69, 9.17) is 4.74 Å². The SMILES string of the molecule is COc1ccc(C2CNCCN2CCc2c3ccccc3n3c(C)ncc(C)c23)cc1. The van der Waals surface area contributed by atoms with E-state index in [-0.39, 0.29) is 0 Å². The van der Waals surface area contributed by atoms with Crippen LogP contribution < -0.4 is 10.1 Å². The number of aromatic nitrogens is 2. The van der Waals surface area contributed by atoms with Crippen LogP contribution in [0.3, 0.4) is 0 Å². The van der Waals surface area contributed by atoms with Crippen molar-refractivity contribution in [1.29, 1.82) is 0 Å². The van der Waals surface area contributed by atoms with Crippen molar-refractivity contribution >= 4 is 16.4 Å². The Hall–Kier alpha value is -2.89. The predicted molar refractivity (Wildman–Crippen MR) is 126 cm³/mol. The van der Waals surface area contributed by atoms with Crippen molar-refractivity contribution in [2.75, 3.05) is 33.3 Å². The molecule has 0 radical (unpaired) electrons. The van der Waals surface area contributed by atoms with Gasteiger partial charge in [0.15, 0.2) is 0 Å². The Morgan fingerprint density at radius 1 is 1.10 bits per heavy atom. The quantitative estimate of drug-likeness (QED) is 0.529. The minimum Gasteiger partial charge on any atom is -0.497 e. The lowest BCUT2D eigenvalue weighted by Gasteiger charge is -2.36. The van der Waals surface area contributed by atoms with E-state index in [1.807, 2.05) is 6.20 Å². The second kappa shape index (κ2) is 8.33. The molecule has 1 atom stereocenters. The van der Waals surface area contributed by atoms with Crippen LogP contribution in [0.4, 0.5) is 0 Å². The molecule has 0 amide bonds. The van der Waals surface area contributed by atoms with Crippen LogP contribution in [0.5, 0.6) is 5.75 Å². The van der Waals surface area contributed by atoms with Crippen molar-refractivity contribution in [3.8, 4) is 5.75 Å². The van der Waals surface area contributed by atoms with Crippen LogP contribution >= 0.6 is 0 Å². The van der Waals surface area contributed by atoms with Gasteiger partial charge in [-0.3, -0.25) is 9.30 Å². The number of nitrogens with one attached hydrogen (secondary N) is 1. The van der Waals surface area contributed by atoms with Gasteiger partial charge in [-0.15, -0.1) is 0 Å². The maximum absolute atomic E-state index is 5.35. The first-order valence-electron chi connectivity index (χ1n) is 11.1. The molecule has 0 aliphatic carbocycles. The van der Waals surface area contributed by atoms with Crippen LogP contribution in [0.15, 0.2) is 54.7 Å². The Kier molecular flexibility index (Phi) is 5.38. The van der Waals surface area contributed by atoms with Gasteiger partial charge in [0, 0.05) is 43.8 Å². The maximum Gasteiger partial charge on any atom is 0.118 e. The van der Waals surface area contributed by atoms with Gasteiger partial charge in [-0.25, -0.2) is 4.98 Å². The fourth-order valence-corrected chi connectivity index (χ4v) is 5.04. The predicted octanol–water partition coefficient (Wildman–Crippen LogP) is 4.30. The van der Waals surface area contributed by atoms with E-state index in [0.29, 0.717) is 6.04 Å². The lowest BCUT2D eigenvalue weighted by molar-refractivity contribution is 0.164. The molecule has 0 saturated carbocycles. The number of para-hydroxylation sites is 1. The largest absolute Gasteiger partial charge is 0.497 e. The monoisotopic (exact) mass is 414 g/mol. The van der Waals surface area contributed by atoms with Gasteiger partial charge in [0.05, 0.1) is 18.1 Å². The van der Waals surface area contributed by atoms with E-state index in [1.54, 1.807) is 7.11 Å². The lowest BCUT2D eigenvalue weighted by Crippen LogP contribution is -2.46. The third-order valence-electron chi connectivity index (χ3n) is 6.63. The number of hydrogen-bond acceptors (Lipinski definition) is 4. The van der Waals surface area contributed by atoms with Crippen molar-refractivity contribution in [1.82, 2.24) is 19.6 Å². The molecule has 2 aromatic carbocycles. The van der Waals surface area contributed by atoms with Crippen LogP contribution in [-0.2, 0) is 6.42 Å². The lowest BCUT2D eigenvalue weighted by atomic mass is 10.0. The Morgan fingerprint density at radius 3 is 2.71 bits per heavy atom. The zero-order valence-corrected chi connectivity index (χ0v) is 18.6. The maximum atomic E-state index is 5.35. The highest BCUT2D eigenvalue weighted by Crippen LogP contribution is 2.31. The summed E-state index contributed by atoms with van der Waals surface area (Å²) >= 11 is 0. The standard InChI is InChI=1S/C26H30N4O/c1-18-16-28-19(2)30-24-7-5-4-6-22(24)23(26(18)30)12-14-29-15-13-27-17-25(29)20-8-10-21(31-3)11-9-20/h4-11,16,25,27H,12-15,17H2,1-3H3.